The van der Waals surface area contributed by atoms with E-state index in [0.29, 0.717) is 5.41 Å². The third-order valence-corrected chi connectivity index (χ3v) is 4.52. The molecule has 106 valence electrons. The third-order valence-electron chi connectivity index (χ3n) is 4.52. The van der Waals surface area contributed by atoms with E-state index in [1.807, 2.05) is 0 Å². The Morgan fingerprint density at radius 1 is 1.05 bits per heavy atom. The highest BCUT2D eigenvalue weighted by atomic mass is 35.5. The maximum Gasteiger partial charge on any atom is 0.161 e. The highest BCUT2D eigenvalue weighted by Gasteiger charge is 2.39. The van der Waals surface area contributed by atoms with Gasteiger partial charge in [0.25, 0.3) is 0 Å². The van der Waals surface area contributed by atoms with Gasteiger partial charge in [-0.25, -0.2) is 0 Å². The van der Waals surface area contributed by atoms with Crippen molar-refractivity contribution in [1.29, 1.82) is 0 Å². The van der Waals surface area contributed by atoms with Gasteiger partial charge in [-0.1, -0.05) is 12.8 Å². The smallest absolute Gasteiger partial charge is 0.161 e. The molecule has 0 saturated heterocycles. The van der Waals surface area contributed by atoms with Crippen LogP contribution in [-0.2, 0) is 12.0 Å². The molecule has 1 aromatic rings. The van der Waals surface area contributed by atoms with Gasteiger partial charge in [0.1, 0.15) is 0 Å². The van der Waals surface area contributed by atoms with E-state index in [1.165, 1.54) is 36.8 Å². The van der Waals surface area contributed by atoms with Crippen LogP contribution < -0.4 is 14.8 Å². The molecule has 0 unspecified atom stereocenters. The molecule has 1 saturated carbocycles. The molecule has 4 heteroatoms. The SMILES string of the molecule is COc1cc2c(cc1OC)C1(CCCC1)CNC2.Cl. The van der Waals surface area contributed by atoms with Crippen molar-refractivity contribution >= 4 is 12.4 Å². The van der Waals surface area contributed by atoms with Crippen molar-refractivity contribution in [3.63, 3.8) is 0 Å². The highest BCUT2D eigenvalue weighted by molar-refractivity contribution is 5.85. The average Bonchev–Trinajstić information content (AvgIpc) is 2.87. The molecule has 0 atom stereocenters. The minimum absolute atomic E-state index is 0. The number of methoxy groups -OCH3 is 2. The molecule has 19 heavy (non-hydrogen) atoms. The predicted octanol–water partition coefficient (Wildman–Crippen LogP) is 3.04. The molecule has 2 aliphatic rings. The monoisotopic (exact) mass is 283 g/mol. The molecule has 3 rings (SSSR count). The van der Waals surface area contributed by atoms with E-state index in [4.69, 9.17) is 9.47 Å². The molecule has 1 aliphatic heterocycles. The Bertz CT molecular complexity index is 456. The van der Waals surface area contributed by atoms with Crippen LogP contribution in [0.3, 0.4) is 0 Å². The molecule has 0 amide bonds. The number of nitrogens with one attached hydrogen (secondary N) is 1. The molecule has 0 radical (unpaired) electrons. The van der Waals surface area contributed by atoms with Crippen LogP contribution in [0.2, 0.25) is 0 Å². The average molecular weight is 284 g/mol. The van der Waals surface area contributed by atoms with Crippen molar-refractivity contribution in [2.24, 2.45) is 0 Å². The Labute approximate surface area is 121 Å². The zero-order valence-electron chi connectivity index (χ0n) is 11.6. The molecular formula is C15H22ClNO2. The van der Waals surface area contributed by atoms with Crippen LogP contribution in [-0.4, -0.2) is 20.8 Å². The van der Waals surface area contributed by atoms with E-state index >= 15 is 0 Å². The first-order valence-corrected chi connectivity index (χ1v) is 6.75. The molecule has 1 spiro atoms. The van der Waals surface area contributed by atoms with E-state index in [-0.39, 0.29) is 12.4 Å². The summed E-state index contributed by atoms with van der Waals surface area (Å²) in [6, 6.07) is 4.35. The summed E-state index contributed by atoms with van der Waals surface area (Å²) in [6.45, 7) is 2.05. The maximum absolute atomic E-state index is 5.46. The first kappa shape index (κ1) is 14.5. The van der Waals surface area contributed by atoms with Gasteiger partial charge in [0.15, 0.2) is 11.5 Å². The molecule has 1 aliphatic carbocycles. The predicted molar refractivity (Wildman–Crippen MR) is 78.6 cm³/mol. The topological polar surface area (TPSA) is 30.5 Å². The second-order valence-corrected chi connectivity index (χ2v) is 5.46. The Morgan fingerprint density at radius 3 is 2.32 bits per heavy atom. The standard InChI is InChI=1S/C15H21NO2.ClH/c1-17-13-7-11-9-16-10-15(5-3-4-6-15)12(11)8-14(13)18-2;/h7-8,16H,3-6,9-10H2,1-2H3;1H. The maximum atomic E-state index is 5.46. The number of fused-ring (bicyclic) bond motifs is 2. The fraction of sp³-hybridized carbons (Fsp3) is 0.600. The van der Waals surface area contributed by atoms with Gasteiger partial charge >= 0.3 is 0 Å². The fourth-order valence-corrected chi connectivity index (χ4v) is 3.59. The van der Waals surface area contributed by atoms with Gasteiger partial charge in [-0.05, 0) is 36.1 Å². The lowest BCUT2D eigenvalue weighted by atomic mass is 9.74. The Morgan fingerprint density at radius 2 is 1.68 bits per heavy atom. The van der Waals surface area contributed by atoms with Crippen molar-refractivity contribution in [1.82, 2.24) is 5.32 Å². The van der Waals surface area contributed by atoms with E-state index in [0.717, 1.165) is 24.6 Å². The first-order valence-electron chi connectivity index (χ1n) is 6.75. The van der Waals surface area contributed by atoms with Crippen molar-refractivity contribution in [2.45, 2.75) is 37.6 Å². The van der Waals surface area contributed by atoms with Gasteiger partial charge in [0.2, 0.25) is 0 Å². The van der Waals surface area contributed by atoms with Crippen LogP contribution in [0.15, 0.2) is 12.1 Å². The fourth-order valence-electron chi connectivity index (χ4n) is 3.59. The van der Waals surface area contributed by atoms with E-state index < -0.39 is 0 Å². The number of hydrogen-bond donors (Lipinski definition) is 1. The highest BCUT2D eigenvalue weighted by Crippen LogP contribution is 2.46. The molecule has 1 fully saturated rings. The number of ether oxygens (including phenoxy) is 2. The van der Waals surface area contributed by atoms with Gasteiger partial charge in [-0.15, -0.1) is 12.4 Å². The summed E-state index contributed by atoms with van der Waals surface area (Å²) in [5, 5.41) is 3.57. The summed E-state index contributed by atoms with van der Waals surface area (Å²) >= 11 is 0. The van der Waals surface area contributed by atoms with Crippen molar-refractivity contribution < 1.29 is 9.47 Å². The van der Waals surface area contributed by atoms with E-state index in [9.17, 15) is 0 Å². The Balaban J connectivity index is 0.00000133. The largest absolute Gasteiger partial charge is 0.493 e. The number of halogens is 1. The van der Waals surface area contributed by atoms with Crippen molar-refractivity contribution in [2.75, 3.05) is 20.8 Å². The summed E-state index contributed by atoms with van der Waals surface area (Å²) in [5.41, 5.74) is 3.20. The molecular weight excluding hydrogens is 262 g/mol. The van der Waals surface area contributed by atoms with Crippen LogP contribution in [0.5, 0.6) is 11.5 Å². The van der Waals surface area contributed by atoms with Crippen LogP contribution in [0.1, 0.15) is 36.8 Å². The van der Waals surface area contributed by atoms with Crippen LogP contribution in [0.25, 0.3) is 0 Å². The lowest BCUT2D eigenvalue weighted by Gasteiger charge is -2.37. The number of benzene rings is 1. The van der Waals surface area contributed by atoms with Gasteiger partial charge in [0, 0.05) is 18.5 Å². The number of hydrogen-bond acceptors (Lipinski definition) is 3. The molecule has 0 aromatic heterocycles. The normalized spacial score (nSPS) is 19.7. The first-order chi connectivity index (χ1) is 8.79. The second-order valence-electron chi connectivity index (χ2n) is 5.46. The van der Waals surface area contributed by atoms with Crippen LogP contribution >= 0.6 is 12.4 Å². The quantitative estimate of drug-likeness (QED) is 0.905. The Hall–Kier alpha value is -0.930. The molecule has 1 N–H and O–H groups in total. The van der Waals surface area contributed by atoms with Gasteiger partial charge in [-0.3, -0.25) is 0 Å². The molecule has 0 bridgehead atoms. The second kappa shape index (κ2) is 5.59. The molecule has 1 aromatic carbocycles. The third kappa shape index (κ3) is 2.30. The van der Waals surface area contributed by atoms with Gasteiger partial charge in [0.05, 0.1) is 14.2 Å². The summed E-state index contributed by atoms with van der Waals surface area (Å²) < 4.78 is 10.9. The van der Waals surface area contributed by atoms with Crippen molar-refractivity contribution in [3.8, 4) is 11.5 Å². The number of rotatable bonds is 2. The minimum atomic E-state index is 0. The van der Waals surface area contributed by atoms with Crippen molar-refractivity contribution in [3.05, 3.63) is 23.3 Å². The lowest BCUT2D eigenvalue weighted by molar-refractivity contribution is 0.342. The lowest BCUT2D eigenvalue weighted by Crippen LogP contribution is -2.41. The Kier molecular flexibility index (Phi) is 4.26. The van der Waals surface area contributed by atoms with E-state index in [1.54, 1.807) is 14.2 Å². The van der Waals surface area contributed by atoms with E-state index in [2.05, 4.69) is 17.4 Å². The molecule has 1 heterocycles. The van der Waals surface area contributed by atoms with Crippen LogP contribution in [0, 0.1) is 0 Å². The van der Waals surface area contributed by atoms with Crippen LogP contribution in [0.4, 0.5) is 0 Å². The molecule has 3 nitrogen and oxygen atoms in total. The van der Waals surface area contributed by atoms with Gasteiger partial charge < -0.3 is 14.8 Å². The summed E-state index contributed by atoms with van der Waals surface area (Å²) in [6.07, 6.45) is 5.27. The zero-order chi connectivity index (χ0) is 12.6. The summed E-state index contributed by atoms with van der Waals surface area (Å²) in [5.74, 6) is 1.71. The minimum Gasteiger partial charge on any atom is -0.493 e. The van der Waals surface area contributed by atoms with Gasteiger partial charge in [-0.2, -0.15) is 0 Å². The zero-order valence-corrected chi connectivity index (χ0v) is 12.4. The summed E-state index contributed by atoms with van der Waals surface area (Å²) in [4.78, 5) is 0. The summed E-state index contributed by atoms with van der Waals surface area (Å²) in [7, 11) is 3.42.